The zero-order valence-electron chi connectivity index (χ0n) is 12.6. The number of carboxylic acids is 3. The molecule has 25 heavy (non-hydrogen) atoms. The molecule has 0 spiro atoms. The Morgan fingerprint density at radius 2 is 1.68 bits per heavy atom. The zero-order valence-corrected chi connectivity index (χ0v) is 12.6. The maximum absolute atomic E-state index is 12.7. The molecule has 0 fully saturated rings. The minimum absolute atomic E-state index is 0.00491. The number of carboxylic acid groups (broad SMARTS) is 3. The molecular formula is C18H10O7. The predicted molar refractivity (Wildman–Crippen MR) is 82.4 cm³/mol. The van der Waals surface area contributed by atoms with Gasteiger partial charge in [-0.1, -0.05) is 12.2 Å². The highest BCUT2D eigenvalue weighted by Gasteiger charge is 2.44. The van der Waals surface area contributed by atoms with Crippen molar-refractivity contribution in [1.29, 1.82) is 0 Å². The van der Waals surface area contributed by atoms with Gasteiger partial charge in [0.2, 0.25) is 0 Å². The first kappa shape index (κ1) is 15.1. The Morgan fingerprint density at radius 1 is 0.960 bits per heavy atom. The Kier molecular flexibility index (Phi) is 2.87. The number of fused-ring (bicyclic) bond motifs is 1. The second-order valence-corrected chi connectivity index (χ2v) is 6.04. The smallest absolute Gasteiger partial charge is 0.336 e. The van der Waals surface area contributed by atoms with Crippen molar-refractivity contribution in [2.24, 2.45) is 5.92 Å². The van der Waals surface area contributed by atoms with Crippen LogP contribution in [0.3, 0.4) is 0 Å². The van der Waals surface area contributed by atoms with E-state index in [0.717, 1.165) is 6.08 Å². The number of Topliss-reactive ketones (excluding diaryl/α,β-unsaturated/α-hetero) is 1. The van der Waals surface area contributed by atoms with Crippen molar-refractivity contribution in [3.8, 4) is 0 Å². The first-order chi connectivity index (χ1) is 11.8. The van der Waals surface area contributed by atoms with Crippen LogP contribution in [0.5, 0.6) is 0 Å². The van der Waals surface area contributed by atoms with E-state index in [9.17, 15) is 34.5 Å². The van der Waals surface area contributed by atoms with E-state index in [-0.39, 0.29) is 39.9 Å². The first-order valence-corrected chi connectivity index (χ1v) is 7.38. The Morgan fingerprint density at radius 3 is 2.28 bits per heavy atom. The highest BCUT2D eigenvalue weighted by Crippen LogP contribution is 2.51. The molecule has 0 bridgehead atoms. The first-order valence-electron chi connectivity index (χ1n) is 7.38. The normalized spacial score (nSPS) is 23.5. The van der Waals surface area contributed by atoms with Crippen LogP contribution in [0.15, 0.2) is 68.9 Å². The van der Waals surface area contributed by atoms with Crippen molar-refractivity contribution >= 4 is 23.7 Å². The van der Waals surface area contributed by atoms with E-state index in [1.54, 1.807) is 6.08 Å². The lowest BCUT2D eigenvalue weighted by molar-refractivity contribution is -0.134. The number of allylic oxidation sites excluding steroid dienone is 8. The lowest BCUT2D eigenvalue weighted by Gasteiger charge is -2.29. The van der Waals surface area contributed by atoms with Crippen LogP contribution in [0.25, 0.3) is 0 Å². The van der Waals surface area contributed by atoms with E-state index >= 15 is 0 Å². The van der Waals surface area contributed by atoms with Crippen molar-refractivity contribution in [2.75, 3.05) is 0 Å². The van der Waals surface area contributed by atoms with Crippen molar-refractivity contribution in [2.45, 2.75) is 6.42 Å². The Balaban J connectivity index is 2.02. The summed E-state index contributed by atoms with van der Waals surface area (Å²) in [6, 6.07) is 0. The van der Waals surface area contributed by atoms with Crippen LogP contribution in [-0.2, 0) is 19.2 Å². The van der Waals surface area contributed by atoms with E-state index in [1.165, 1.54) is 12.2 Å². The molecule has 1 atom stereocenters. The van der Waals surface area contributed by atoms with Gasteiger partial charge in [0.15, 0.2) is 5.78 Å². The number of hydrogen-bond acceptors (Lipinski definition) is 4. The largest absolute Gasteiger partial charge is 0.478 e. The van der Waals surface area contributed by atoms with Gasteiger partial charge in [0, 0.05) is 34.6 Å². The van der Waals surface area contributed by atoms with Gasteiger partial charge in [-0.05, 0) is 28.9 Å². The molecule has 4 rings (SSSR count). The van der Waals surface area contributed by atoms with Gasteiger partial charge >= 0.3 is 17.9 Å². The third-order valence-electron chi connectivity index (χ3n) is 4.78. The molecule has 0 radical (unpaired) electrons. The fourth-order valence-electron chi connectivity index (χ4n) is 3.75. The monoisotopic (exact) mass is 338 g/mol. The third kappa shape index (κ3) is 1.86. The third-order valence-corrected chi connectivity index (χ3v) is 4.78. The van der Waals surface area contributed by atoms with Gasteiger partial charge in [-0.2, -0.15) is 0 Å². The molecule has 0 amide bonds. The Labute approximate surface area is 140 Å². The topological polar surface area (TPSA) is 129 Å². The average Bonchev–Trinajstić information content (AvgIpc) is 3.17. The molecule has 0 aromatic rings. The van der Waals surface area contributed by atoms with Gasteiger partial charge in [-0.15, -0.1) is 0 Å². The number of aliphatic carboxylic acids is 3. The minimum Gasteiger partial charge on any atom is -0.478 e. The number of rotatable bonds is 3. The van der Waals surface area contributed by atoms with E-state index in [0.29, 0.717) is 11.1 Å². The standard InChI is InChI=1S/C18H10O7/c19-15-8-2-1-7-11(17(22)23)5-12(18(24)25)14(13(7)8)9-3-6(16(20)21)4-10(9)15/h1-2,4-5,7H,3H2,(H,20,21)(H,22,23)(H,24,25). The molecule has 4 aliphatic carbocycles. The molecular weight excluding hydrogens is 328 g/mol. The van der Waals surface area contributed by atoms with Gasteiger partial charge in [-0.3, -0.25) is 4.79 Å². The predicted octanol–water partition coefficient (Wildman–Crippen LogP) is 1.17. The highest BCUT2D eigenvalue weighted by molar-refractivity contribution is 6.19. The van der Waals surface area contributed by atoms with Gasteiger partial charge in [0.05, 0.1) is 5.57 Å². The molecule has 7 nitrogen and oxygen atoms in total. The van der Waals surface area contributed by atoms with E-state index in [4.69, 9.17) is 0 Å². The highest BCUT2D eigenvalue weighted by atomic mass is 16.4. The van der Waals surface area contributed by atoms with Crippen LogP contribution in [0.1, 0.15) is 6.42 Å². The minimum atomic E-state index is -1.32. The van der Waals surface area contributed by atoms with Crippen molar-refractivity contribution < 1.29 is 34.5 Å². The zero-order chi connectivity index (χ0) is 18.0. The van der Waals surface area contributed by atoms with Crippen molar-refractivity contribution in [3.63, 3.8) is 0 Å². The summed E-state index contributed by atoms with van der Waals surface area (Å²) in [6.45, 7) is 0. The Hall–Kier alpha value is -3.48. The summed E-state index contributed by atoms with van der Waals surface area (Å²) in [6.07, 6.45) is 5.35. The van der Waals surface area contributed by atoms with Gasteiger partial charge in [0.25, 0.3) is 0 Å². The number of hydrogen-bond donors (Lipinski definition) is 3. The lowest BCUT2D eigenvalue weighted by Crippen LogP contribution is -2.25. The summed E-state index contributed by atoms with van der Waals surface area (Å²) in [5, 5.41) is 28.2. The molecule has 0 aromatic carbocycles. The SMILES string of the molecule is O=C(O)C1=CC2=C(C1)C1=C(C(=O)O)C=C(C(=O)O)C3C=CC(=C13)C2=O. The van der Waals surface area contributed by atoms with E-state index in [2.05, 4.69) is 0 Å². The molecule has 0 aliphatic heterocycles. The van der Waals surface area contributed by atoms with Crippen LogP contribution in [0, 0.1) is 5.92 Å². The molecule has 1 unspecified atom stereocenters. The maximum atomic E-state index is 12.7. The number of carbonyl (C=O) groups is 4. The van der Waals surface area contributed by atoms with Crippen LogP contribution in [0.4, 0.5) is 0 Å². The van der Waals surface area contributed by atoms with Crippen LogP contribution < -0.4 is 0 Å². The molecule has 7 heteroatoms. The second-order valence-electron chi connectivity index (χ2n) is 6.04. The molecule has 0 aromatic heterocycles. The lowest BCUT2D eigenvalue weighted by atomic mass is 9.72. The molecule has 0 heterocycles. The summed E-state index contributed by atoms with van der Waals surface area (Å²) < 4.78 is 0. The van der Waals surface area contributed by atoms with E-state index in [1.807, 2.05) is 0 Å². The number of carbonyl (C=O) groups excluding carboxylic acids is 1. The maximum Gasteiger partial charge on any atom is 0.336 e. The van der Waals surface area contributed by atoms with E-state index < -0.39 is 29.6 Å². The summed E-state index contributed by atoms with van der Waals surface area (Å²) in [5.41, 5.74) is 1.01. The van der Waals surface area contributed by atoms with Gasteiger partial charge in [0.1, 0.15) is 0 Å². The second kappa shape index (κ2) is 4.76. The summed E-state index contributed by atoms with van der Waals surface area (Å²) in [5.74, 6) is -4.87. The number of ketones is 1. The fraction of sp³-hybridized carbons (Fsp3) is 0.111. The molecule has 0 saturated heterocycles. The summed E-state index contributed by atoms with van der Waals surface area (Å²) in [7, 11) is 0. The van der Waals surface area contributed by atoms with Crippen LogP contribution in [-0.4, -0.2) is 39.0 Å². The van der Waals surface area contributed by atoms with Crippen LogP contribution >= 0.6 is 0 Å². The average molecular weight is 338 g/mol. The molecule has 124 valence electrons. The van der Waals surface area contributed by atoms with Gasteiger partial charge in [-0.25, -0.2) is 14.4 Å². The summed E-state index contributed by atoms with van der Waals surface area (Å²) >= 11 is 0. The summed E-state index contributed by atoms with van der Waals surface area (Å²) in [4.78, 5) is 47.2. The fourth-order valence-corrected chi connectivity index (χ4v) is 3.75. The Bertz CT molecular complexity index is 1010. The van der Waals surface area contributed by atoms with Crippen molar-refractivity contribution in [1.82, 2.24) is 0 Å². The molecule has 3 N–H and O–H groups in total. The van der Waals surface area contributed by atoms with Gasteiger partial charge < -0.3 is 15.3 Å². The molecule has 0 saturated carbocycles. The van der Waals surface area contributed by atoms with Crippen molar-refractivity contribution in [3.05, 3.63) is 68.9 Å². The van der Waals surface area contributed by atoms with Crippen LogP contribution in [0.2, 0.25) is 0 Å². The quantitative estimate of drug-likeness (QED) is 0.704. The molecule has 4 aliphatic rings.